The lowest BCUT2D eigenvalue weighted by molar-refractivity contribution is 0.0860. The van der Waals surface area contributed by atoms with Crippen molar-refractivity contribution in [3.63, 3.8) is 0 Å². The second kappa shape index (κ2) is 7.11. The summed E-state index contributed by atoms with van der Waals surface area (Å²) in [4.78, 5) is 18.9. The van der Waals surface area contributed by atoms with Crippen LogP contribution in [0.4, 0.5) is 0 Å². The van der Waals surface area contributed by atoms with Gasteiger partial charge in [-0.2, -0.15) is 0 Å². The first-order chi connectivity index (χ1) is 10.8. The SMILES string of the molecule is O=C(c1ccccc1Br)N1CCN=C1SCc1ccccc1. The van der Waals surface area contributed by atoms with Crippen molar-refractivity contribution >= 4 is 38.8 Å². The van der Waals surface area contributed by atoms with Crippen LogP contribution in [-0.2, 0) is 5.75 Å². The van der Waals surface area contributed by atoms with Gasteiger partial charge in [-0.05, 0) is 33.6 Å². The number of rotatable bonds is 3. The van der Waals surface area contributed by atoms with E-state index in [1.165, 1.54) is 5.56 Å². The van der Waals surface area contributed by atoms with E-state index in [1.807, 2.05) is 42.5 Å². The summed E-state index contributed by atoms with van der Waals surface area (Å²) in [6, 6.07) is 17.7. The minimum absolute atomic E-state index is 0.00397. The molecule has 0 aromatic heterocycles. The first-order valence-corrected chi connectivity index (χ1v) is 8.81. The molecule has 0 bridgehead atoms. The van der Waals surface area contributed by atoms with Gasteiger partial charge in [0, 0.05) is 16.8 Å². The predicted molar refractivity (Wildman–Crippen MR) is 95.2 cm³/mol. The second-order valence-electron chi connectivity index (χ2n) is 4.88. The predicted octanol–water partition coefficient (Wildman–Crippen LogP) is 4.19. The van der Waals surface area contributed by atoms with Crippen molar-refractivity contribution in [1.82, 2.24) is 4.90 Å². The van der Waals surface area contributed by atoms with Gasteiger partial charge >= 0.3 is 0 Å². The van der Waals surface area contributed by atoms with Crippen molar-refractivity contribution in [3.05, 3.63) is 70.2 Å². The van der Waals surface area contributed by atoms with Crippen LogP contribution in [0.5, 0.6) is 0 Å². The Balaban J connectivity index is 1.70. The summed E-state index contributed by atoms with van der Waals surface area (Å²) in [5, 5.41) is 0.810. The topological polar surface area (TPSA) is 32.7 Å². The lowest BCUT2D eigenvalue weighted by Crippen LogP contribution is -2.33. The standard InChI is InChI=1S/C17H15BrN2OS/c18-15-9-5-4-8-14(15)16(21)20-11-10-19-17(20)22-12-13-6-2-1-3-7-13/h1-9H,10-12H2. The van der Waals surface area contributed by atoms with Gasteiger partial charge < -0.3 is 0 Å². The molecule has 3 rings (SSSR count). The van der Waals surface area contributed by atoms with E-state index in [1.54, 1.807) is 16.7 Å². The lowest BCUT2D eigenvalue weighted by Gasteiger charge is -2.18. The fraction of sp³-hybridized carbons (Fsp3) is 0.176. The van der Waals surface area contributed by atoms with E-state index in [0.29, 0.717) is 18.7 Å². The number of hydrogen-bond donors (Lipinski definition) is 0. The summed E-state index contributed by atoms with van der Waals surface area (Å²) < 4.78 is 0.819. The Hall–Kier alpha value is -1.59. The van der Waals surface area contributed by atoms with Crippen molar-refractivity contribution in [2.24, 2.45) is 4.99 Å². The van der Waals surface area contributed by atoms with Crippen LogP contribution >= 0.6 is 27.7 Å². The van der Waals surface area contributed by atoms with Crippen molar-refractivity contribution < 1.29 is 4.79 Å². The number of carbonyl (C=O) groups excluding carboxylic acids is 1. The first kappa shape index (κ1) is 15.3. The molecule has 2 aromatic carbocycles. The summed E-state index contributed by atoms with van der Waals surface area (Å²) in [6.07, 6.45) is 0. The maximum absolute atomic E-state index is 12.7. The van der Waals surface area contributed by atoms with Crippen molar-refractivity contribution in [3.8, 4) is 0 Å². The maximum atomic E-state index is 12.7. The fourth-order valence-electron chi connectivity index (χ4n) is 2.24. The third-order valence-corrected chi connectivity index (χ3v) is 5.14. The van der Waals surface area contributed by atoms with Crippen LogP contribution < -0.4 is 0 Å². The molecule has 0 N–H and O–H groups in total. The van der Waals surface area contributed by atoms with Gasteiger partial charge in [-0.25, -0.2) is 0 Å². The molecule has 0 saturated carbocycles. The van der Waals surface area contributed by atoms with Gasteiger partial charge in [-0.3, -0.25) is 14.7 Å². The largest absolute Gasteiger partial charge is 0.286 e. The maximum Gasteiger partial charge on any atom is 0.261 e. The van der Waals surface area contributed by atoms with Gasteiger partial charge in [0.25, 0.3) is 5.91 Å². The number of aliphatic imine (C=N–C) groups is 1. The molecule has 5 heteroatoms. The van der Waals surface area contributed by atoms with E-state index in [0.717, 1.165) is 15.4 Å². The van der Waals surface area contributed by atoms with Crippen LogP contribution in [0.2, 0.25) is 0 Å². The molecule has 1 heterocycles. The summed E-state index contributed by atoms with van der Waals surface area (Å²) in [7, 11) is 0. The van der Waals surface area contributed by atoms with Crippen LogP contribution in [0, 0.1) is 0 Å². The van der Waals surface area contributed by atoms with E-state index < -0.39 is 0 Å². The average Bonchev–Trinajstić information content (AvgIpc) is 3.02. The van der Waals surface area contributed by atoms with Crippen LogP contribution in [0.15, 0.2) is 64.1 Å². The molecule has 22 heavy (non-hydrogen) atoms. The smallest absolute Gasteiger partial charge is 0.261 e. The number of benzene rings is 2. The molecule has 1 amide bonds. The monoisotopic (exact) mass is 374 g/mol. The summed E-state index contributed by atoms with van der Waals surface area (Å²) >= 11 is 5.06. The van der Waals surface area contributed by atoms with E-state index in [-0.39, 0.29) is 5.91 Å². The highest BCUT2D eigenvalue weighted by Crippen LogP contribution is 2.24. The minimum Gasteiger partial charge on any atom is -0.286 e. The number of nitrogens with zero attached hydrogens (tertiary/aromatic N) is 2. The summed E-state index contributed by atoms with van der Waals surface area (Å²) in [6.45, 7) is 1.32. The molecule has 0 aliphatic carbocycles. The third-order valence-electron chi connectivity index (χ3n) is 3.36. The summed E-state index contributed by atoms with van der Waals surface area (Å²) in [5.74, 6) is 0.823. The molecule has 2 aromatic rings. The van der Waals surface area contributed by atoms with Gasteiger partial charge in [0.05, 0.1) is 12.1 Å². The number of amides is 1. The van der Waals surface area contributed by atoms with Gasteiger partial charge in [-0.1, -0.05) is 54.2 Å². The molecule has 0 fully saturated rings. The Bertz CT molecular complexity index is 703. The molecular formula is C17H15BrN2OS. The molecule has 1 aliphatic heterocycles. The Morgan fingerprint density at radius 2 is 1.86 bits per heavy atom. The van der Waals surface area contributed by atoms with E-state index in [4.69, 9.17) is 0 Å². The van der Waals surface area contributed by atoms with Gasteiger partial charge in [0.2, 0.25) is 0 Å². The first-order valence-electron chi connectivity index (χ1n) is 7.03. The molecular weight excluding hydrogens is 360 g/mol. The molecule has 0 atom stereocenters. The Morgan fingerprint density at radius 3 is 2.64 bits per heavy atom. The number of carbonyl (C=O) groups is 1. The van der Waals surface area contributed by atoms with Crippen molar-refractivity contribution in [1.29, 1.82) is 0 Å². The van der Waals surface area contributed by atoms with Gasteiger partial charge in [0.1, 0.15) is 0 Å². The zero-order valence-electron chi connectivity index (χ0n) is 11.9. The highest BCUT2D eigenvalue weighted by atomic mass is 79.9. The fourth-order valence-corrected chi connectivity index (χ4v) is 3.70. The van der Waals surface area contributed by atoms with E-state index >= 15 is 0 Å². The highest BCUT2D eigenvalue weighted by Gasteiger charge is 2.26. The Labute approximate surface area is 142 Å². The average molecular weight is 375 g/mol. The highest BCUT2D eigenvalue weighted by molar-refractivity contribution is 9.10. The zero-order valence-corrected chi connectivity index (χ0v) is 14.3. The normalized spacial score (nSPS) is 14.0. The van der Waals surface area contributed by atoms with Crippen LogP contribution in [-0.4, -0.2) is 29.1 Å². The quantitative estimate of drug-likeness (QED) is 0.806. The molecule has 0 spiro atoms. The number of halogens is 1. The van der Waals surface area contributed by atoms with Gasteiger partial charge in [-0.15, -0.1) is 0 Å². The zero-order chi connectivity index (χ0) is 15.4. The molecule has 0 radical (unpaired) electrons. The summed E-state index contributed by atoms with van der Waals surface area (Å²) in [5.41, 5.74) is 1.91. The second-order valence-corrected chi connectivity index (χ2v) is 6.67. The van der Waals surface area contributed by atoms with Crippen LogP contribution in [0.1, 0.15) is 15.9 Å². The number of amidine groups is 1. The molecule has 1 aliphatic rings. The van der Waals surface area contributed by atoms with Crippen molar-refractivity contribution in [2.75, 3.05) is 13.1 Å². The molecule has 0 unspecified atom stereocenters. The Kier molecular flexibility index (Phi) is 4.95. The van der Waals surface area contributed by atoms with Crippen LogP contribution in [0.25, 0.3) is 0 Å². The number of hydrogen-bond acceptors (Lipinski definition) is 3. The Morgan fingerprint density at radius 1 is 1.14 bits per heavy atom. The lowest BCUT2D eigenvalue weighted by atomic mass is 10.2. The van der Waals surface area contributed by atoms with Gasteiger partial charge in [0.15, 0.2) is 5.17 Å². The molecule has 112 valence electrons. The van der Waals surface area contributed by atoms with Crippen molar-refractivity contribution in [2.45, 2.75) is 5.75 Å². The van der Waals surface area contributed by atoms with Crippen LogP contribution in [0.3, 0.4) is 0 Å². The third kappa shape index (κ3) is 3.42. The van der Waals surface area contributed by atoms with E-state index in [2.05, 4.69) is 33.1 Å². The molecule has 0 saturated heterocycles. The van der Waals surface area contributed by atoms with E-state index in [9.17, 15) is 4.79 Å². The minimum atomic E-state index is 0.00397. The molecule has 3 nitrogen and oxygen atoms in total. The number of thioether (sulfide) groups is 1.